The van der Waals surface area contributed by atoms with E-state index in [1.54, 1.807) is 0 Å². The minimum Gasteiger partial charge on any atom is -0.333 e. The van der Waals surface area contributed by atoms with Gasteiger partial charge in [-0.1, -0.05) is 30.7 Å². The molecule has 0 bridgehead atoms. The first-order valence-corrected chi connectivity index (χ1v) is 4.38. The van der Waals surface area contributed by atoms with E-state index < -0.39 is 0 Å². The highest BCUT2D eigenvalue weighted by Gasteiger charge is 1.93. The zero-order valence-corrected chi connectivity index (χ0v) is 8.52. The molecule has 0 heterocycles. The first-order valence-electron chi connectivity index (χ1n) is 4.38. The lowest BCUT2D eigenvalue weighted by Gasteiger charge is -2.02. The van der Waals surface area contributed by atoms with Crippen molar-refractivity contribution in [2.75, 3.05) is 7.05 Å². The number of aryl methyl sites for hydroxylation is 3. The Labute approximate surface area is 75.6 Å². The predicted molar refractivity (Wildman–Crippen MR) is 55.4 cm³/mol. The normalized spacial score (nSPS) is 8.75. The van der Waals surface area contributed by atoms with Gasteiger partial charge in [0.1, 0.15) is 0 Å². The highest BCUT2D eigenvalue weighted by molar-refractivity contribution is 5.30. The second-order valence-corrected chi connectivity index (χ2v) is 2.78. The molecule has 0 saturated heterocycles. The van der Waals surface area contributed by atoms with Crippen LogP contribution in [0, 0.1) is 13.8 Å². The number of benzene rings is 1. The van der Waals surface area contributed by atoms with Crippen LogP contribution in [-0.2, 0) is 6.42 Å². The summed E-state index contributed by atoms with van der Waals surface area (Å²) >= 11 is 0. The summed E-state index contributed by atoms with van der Waals surface area (Å²) in [6.45, 7) is 6.50. The molecular formula is C11H19N. The van der Waals surface area contributed by atoms with Gasteiger partial charge in [0.2, 0.25) is 0 Å². The summed E-state index contributed by atoms with van der Waals surface area (Å²) in [5, 5.41) is 0. The highest BCUT2D eigenvalue weighted by atomic mass is 14.4. The minimum atomic E-state index is 1.14. The van der Waals surface area contributed by atoms with Gasteiger partial charge < -0.3 is 5.73 Å². The van der Waals surface area contributed by atoms with Gasteiger partial charge in [0.05, 0.1) is 0 Å². The summed E-state index contributed by atoms with van der Waals surface area (Å²) in [6, 6.07) is 6.62. The molecule has 12 heavy (non-hydrogen) atoms. The molecule has 1 nitrogen and oxygen atoms in total. The zero-order chi connectivity index (χ0) is 9.56. The predicted octanol–water partition coefficient (Wildman–Crippen LogP) is 2.44. The van der Waals surface area contributed by atoms with E-state index in [-0.39, 0.29) is 0 Å². The fourth-order valence-electron chi connectivity index (χ4n) is 1.24. The smallest absolute Gasteiger partial charge is 0.0195 e. The van der Waals surface area contributed by atoms with Crippen LogP contribution >= 0.6 is 0 Å². The maximum absolute atomic E-state index is 4.50. The molecule has 1 heteroatoms. The van der Waals surface area contributed by atoms with Crippen molar-refractivity contribution in [1.82, 2.24) is 0 Å². The minimum absolute atomic E-state index is 1.14. The Morgan fingerprint density at radius 2 is 1.75 bits per heavy atom. The van der Waals surface area contributed by atoms with Crippen molar-refractivity contribution < 1.29 is 0 Å². The monoisotopic (exact) mass is 165 g/mol. The second-order valence-electron chi connectivity index (χ2n) is 2.78. The fourth-order valence-corrected chi connectivity index (χ4v) is 1.24. The fraction of sp³-hybridized carbons (Fsp3) is 0.455. The first kappa shape index (κ1) is 11.2. The van der Waals surface area contributed by atoms with E-state index in [9.17, 15) is 0 Å². The molecule has 68 valence electrons. The third-order valence-corrected chi connectivity index (χ3v) is 1.88. The molecule has 0 aromatic heterocycles. The Kier molecular flexibility index (Phi) is 5.39. The molecule has 0 fully saturated rings. The molecule has 0 aliphatic heterocycles. The summed E-state index contributed by atoms with van der Waals surface area (Å²) in [6.07, 6.45) is 1.14. The van der Waals surface area contributed by atoms with Crippen LogP contribution in [0.25, 0.3) is 0 Å². The number of hydrogen-bond donors (Lipinski definition) is 1. The summed E-state index contributed by atoms with van der Waals surface area (Å²) in [4.78, 5) is 0. The lowest BCUT2D eigenvalue weighted by atomic mass is 10.0. The van der Waals surface area contributed by atoms with E-state index in [1.807, 2.05) is 0 Å². The molecule has 1 aromatic rings. The molecule has 0 saturated carbocycles. The zero-order valence-electron chi connectivity index (χ0n) is 8.52. The van der Waals surface area contributed by atoms with Crippen molar-refractivity contribution in [1.29, 1.82) is 0 Å². The van der Waals surface area contributed by atoms with Crippen molar-refractivity contribution >= 4 is 0 Å². The summed E-state index contributed by atoms with van der Waals surface area (Å²) in [7, 11) is 1.50. The highest BCUT2D eigenvalue weighted by Crippen LogP contribution is 2.10. The van der Waals surface area contributed by atoms with Gasteiger partial charge in [-0.15, -0.1) is 0 Å². The number of nitrogens with two attached hydrogens (primary N) is 1. The van der Waals surface area contributed by atoms with Crippen LogP contribution in [0.15, 0.2) is 18.2 Å². The van der Waals surface area contributed by atoms with Gasteiger partial charge in [-0.05, 0) is 38.4 Å². The molecular weight excluding hydrogens is 146 g/mol. The Hall–Kier alpha value is -0.820. The van der Waals surface area contributed by atoms with Gasteiger partial charge in [-0.25, -0.2) is 0 Å². The third-order valence-electron chi connectivity index (χ3n) is 1.88. The molecule has 0 spiro atoms. The average Bonchev–Trinajstić information content (AvgIpc) is 2.08. The Bertz CT molecular complexity index is 228. The van der Waals surface area contributed by atoms with Crippen molar-refractivity contribution in [2.24, 2.45) is 5.73 Å². The van der Waals surface area contributed by atoms with Crippen LogP contribution in [0.5, 0.6) is 0 Å². The lowest BCUT2D eigenvalue weighted by Crippen LogP contribution is -1.85. The van der Waals surface area contributed by atoms with Gasteiger partial charge in [0.25, 0.3) is 0 Å². The second kappa shape index (κ2) is 5.78. The number of rotatable bonds is 1. The van der Waals surface area contributed by atoms with Gasteiger partial charge in [0.15, 0.2) is 0 Å². The summed E-state index contributed by atoms with van der Waals surface area (Å²) in [5.74, 6) is 0. The summed E-state index contributed by atoms with van der Waals surface area (Å²) in [5.41, 5.74) is 8.74. The lowest BCUT2D eigenvalue weighted by molar-refractivity contribution is 1.10. The molecule has 0 radical (unpaired) electrons. The van der Waals surface area contributed by atoms with E-state index in [2.05, 4.69) is 44.7 Å². The van der Waals surface area contributed by atoms with Crippen LogP contribution in [0.4, 0.5) is 0 Å². The third kappa shape index (κ3) is 3.05. The van der Waals surface area contributed by atoms with Crippen molar-refractivity contribution in [3.8, 4) is 0 Å². The largest absolute Gasteiger partial charge is 0.333 e. The molecule has 0 aliphatic carbocycles. The molecule has 2 N–H and O–H groups in total. The van der Waals surface area contributed by atoms with E-state index in [0.717, 1.165) is 6.42 Å². The molecule has 0 amide bonds. The van der Waals surface area contributed by atoms with Crippen molar-refractivity contribution in [3.63, 3.8) is 0 Å². The van der Waals surface area contributed by atoms with Gasteiger partial charge in [-0.3, -0.25) is 0 Å². The molecule has 0 atom stereocenters. The van der Waals surface area contributed by atoms with Gasteiger partial charge in [0, 0.05) is 0 Å². The molecule has 0 unspecified atom stereocenters. The van der Waals surface area contributed by atoms with Gasteiger partial charge in [-0.2, -0.15) is 0 Å². The standard InChI is InChI=1S/C10H14.CH5N/c1-4-10-6-5-8(2)7-9(10)3;1-2/h5-7H,4H2,1-3H3;2H2,1H3. The van der Waals surface area contributed by atoms with Crippen molar-refractivity contribution in [3.05, 3.63) is 34.9 Å². The maximum atomic E-state index is 4.50. The molecule has 1 rings (SSSR count). The van der Waals surface area contributed by atoms with Gasteiger partial charge >= 0.3 is 0 Å². The van der Waals surface area contributed by atoms with E-state index in [0.29, 0.717) is 0 Å². The SMILES string of the molecule is CCc1ccc(C)cc1C.CN. The number of hydrogen-bond acceptors (Lipinski definition) is 1. The summed E-state index contributed by atoms with van der Waals surface area (Å²) < 4.78 is 0. The Balaban J connectivity index is 0.000000561. The van der Waals surface area contributed by atoms with Crippen LogP contribution in [0.3, 0.4) is 0 Å². The average molecular weight is 165 g/mol. The topological polar surface area (TPSA) is 26.0 Å². The van der Waals surface area contributed by atoms with Crippen LogP contribution in [-0.4, -0.2) is 7.05 Å². The quantitative estimate of drug-likeness (QED) is 0.679. The first-order chi connectivity index (χ1) is 5.74. The van der Waals surface area contributed by atoms with Crippen LogP contribution < -0.4 is 5.73 Å². The maximum Gasteiger partial charge on any atom is -0.0195 e. The Morgan fingerprint density at radius 3 is 2.17 bits per heavy atom. The molecule has 0 aliphatic rings. The van der Waals surface area contributed by atoms with Crippen LogP contribution in [0.2, 0.25) is 0 Å². The van der Waals surface area contributed by atoms with E-state index in [1.165, 1.54) is 23.7 Å². The van der Waals surface area contributed by atoms with Crippen molar-refractivity contribution in [2.45, 2.75) is 27.2 Å². The molecule has 1 aromatic carbocycles. The van der Waals surface area contributed by atoms with Crippen LogP contribution in [0.1, 0.15) is 23.6 Å². The van der Waals surface area contributed by atoms with E-state index in [4.69, 9.17) is 0 Å². The van der Waals surface area contributed by atoms with E-state index >= 15 is 0 Å². The Morgan fingerprint density at radius 1 is 1.17 bits per heavy atom.